The van der Waals surface area contributed by atoms with Crippen molar-refractivity contribution in [2.45, 2.75) is 90.3 Å². The van der Waals surface area contributed by atoms with Crippen LogP contribution >= 0.6 is 11.3 Å². The highest BCUT2D eigenvalue weighted by atomic mass is 32.1. The fourth-order valence-electron chi connectivity index (χ4n) is 8.13. The predicted octanol–water partition coefficient (Wildman–Crippen LogP) is 3.96. The van der Waals surface area contributed by atoms with Crippen LogP contribution in [0.2, 0.25) is 0 Å². The van der Waals surface area contributed by atoms with Crippen molar-refractivity contribution >= 4 is 39.2 Å². The lowest BCUT2D eigenvalue weighted by atomic mass is 9.76. The second-order valence-corrected chi connectivity index (χ2v) is 15.6. The van der Waals surface area contributed by atoms with Crippen LogP contribution in [0.5, 0.6) is 0 Å². The molecule has 10 heteroatoms. The highest BCUT2D eigenvalue weighted by Crippen LogP contribution is 2.45. The van der Waals surface area contributed by atoms with E-state index in [1.165, 1.54) is 34.6 Å². The Morgan fingerprint density at radius 2 is 1.78 bits per heavy atom. The van der Waals surface area contributed by atoms with E-state index in [9.17, 15) is 19.5 Å². The number of carbonyl (C=O) groups is 3. The molecule has 2 amide bonds. The number of Topliss-reactive ketones (excluding diaryl/α,β-unsaturated/α-hetero) is 1. The number of rotatable bonds is 11. The van der Waals surface area contributed by atoms with Crippen LogP contribution in [0.1, 0.15) is 68.0 Å². The van der Waals surface area contributed by atoms with Crippen molar-refractivity contribution in [3.8, 4) is 11.3 Å². The molecule has 2 aliphatic heterocycles. The fraction of sp³-hybridized carbons (Fsp3) is 0.583. The molecular weight excluding hydrogens is 598 g/mol. The van der Waals surface area contributed by atoms with Gasteiger partial charge in [0.15, 0.2) is 0 Å². The molecule has 4 heterocycles. The normalized spacial score (nSPS) is 23.6. The van der Waals surface area contributed by atoms with Crippen LogP contribution in [0, 0.1) is 31.6 Å². The maximum absolute atomic E-state index is 14.0. The number of H-pyrrole nitrogens is 1. The number of nitrogens with zero attached hydrogens (tertiary/aromatic N) is 1. The Balaban J connectivity index is 1.21. The molecule has 2 aromatic heterocycles. The number of hydrogen-bond donors (Lipinski definition) is 5. The summed E-state index contributed by atoms with van der Waals surface area (Å²) in [6.45, 7) is 13.3. The Hall–Kier alpha value is -3.05. The van der Waals surface area contributed by atoms with E-state index in [4.69, 9.17) is 5.73 Å². The molecule has 1 saturated carbocycles. The summed E-state index contributed by atoms with van der Waals surface area (Å²) < 4.78 is 0. The molecule has 3 aliphatic rings. The summed E-state index contributed by atoms with van der Waals surface area (Å²) in [5.74, 6) is -0.229. The van der Waals surface area contributed by atoms with Crippen molar-refractivity contribution in [2.75, 3.05) is 26.2 Å². The van der Waals surface area contributed by atoms with E-state index in [1.54, 1.807) is 11.3 Å². The molecule has 9 nitrogen and oxygen atoms in total. The van der Waals surface area contributed by atoms with E-state index in [0.29, 0.717) is 30.6 Å². The van der Waals surface area contributed by atoms with Gasteiger partial charge in [-0.3, -0.25) is 14.4 Å². The minimum Gasteiger partial charge on any atom is -0.391 e. The van der Waals surface area contributed by atoms with Gasteiger partial charge in [0.05, 0.1) is 17.2 Å². The second-order valence-electron chi connectivity index (χ2n) is 14.6. The van der Waals surface area contributed by atoms with E-state index < -0.39 is 23.5 Å². The van der Waals surface area contributed by atoms with Crippen LogP contribution in [0.25, 0.3) is 21.5 Å². The topological polar surface area (TPSA) is 141 Å². The molecule has 5 unspecified atom stereocenters. The molecule has 248 valence electrons. The van der Waals surface area contributed by atoms with Crippen molar-refractivity contribution in [3.05, 3.63) is 45.8 Å². The molecule has 1 aliphatic carbocycles. The van der Waals surface area contributed by atoms with Gasteiger partial charge in [0.2, 0.25) is 11.8 Å². The van der Waals surface area contributed by atoms with Crippen LogP contribution in [-0.4, -0.2) is 77.0 Å². The van der Waals surface area contributed by atoms with Crippen molar-refractivity contribution in [3.63, 3.8) is 0 Å². The first-order valence-corrected chi connectivity index (χ1v) is 17.7. The summed E-state index contributed by atoms with van der Waals surface area (Å²) in [7, 11) is 0. The average molecular weight is 648 g/mol. The van der Waals surface area contributed by atoms with Crippen molar-refractivity contribution in [2.24, 2.45) is 23.5 Å². The van der Waals surface area contributed by atoms with Crippen LogP contribution in [0.15, 0.2) is 24.3 Å². The molecule has 2 bridgehead atoms. The van der Waals surface area contributed by atoms with Gasteiger partial charge in [0, 0.05) is 34.7 Å². The minimum atomic E-state index is -1.08. The van der Waals surface area contributed by atoms with Crippen molar-refractivity contribution in [1.82, 2.24) is 20.5 Å². The molecule has 0 spiro atoms. The van der Waals surface area contributed by atoms with Gasteiger partial charge in [-0.15, -0.1) is 11.3 Å². The zero-order chi connectivity index (χ0) is 32.9. The number of aliphatic hydroxyl groups excluding tert-OH is 1. The zero-order valence-corrected chi connectivity index (χ0v) is 28.6. The Labute approximate surface area is 275 Å². The summed E-state index contributed by atoms with van der Waals surface area (Å²) in [5.41, 5.74) is 10.9. The third kappa shape index (κ3) is 6.29. The van der Waals surface area contributed by atoms with Crippen molar-refractivity contribution in [1.29, 1.82) is 0 Å². The lowest BCUT2D eigenvalue weighted by Gasteiger charge is -2.32. The summed E-state index contributed by atoms with van der Waals surface area (Å²) in [6, 6.07) is 8.18. The van der Waals surface area contributed by atoms with E-state index in [2.05, 4.69) is 72.5 Å². The number of aromatic amines is 1. The number of aliphatic hydroxyl groups is 1. The number of amides is 2. The number of hydrogen-bond acceptors (Lipinski definition) is 7. The molecule has 0 radical (unpaired) electrons. The molecule has 2 saturated heterocycles. The minimum absolute atomic E-state index is 0.111. The first kappa shape index (κ1) is 32.9. The predicted molar refractivity (Wildman–Crippen MR) is 183 cm³/mol. The van der Waals surface area contributed by atoms with Crippen LogP contribution in [-0.2, 0) is 26.2 Å². The maximum atomic E-state index is 14.0. The van der Waals surface area contributed by atoms with Gasteiger partial charge in [0.25, 0.3) is 0 Å². The average Bonchev–Trinajstić information content (AvgIpc) is 3.78. The quantitative estimate of drug-likeness (QED) is 0.214. The lowest BCUT2D eigenvalue weighted by molar-refractivity contribution is -0.133. The van der Waals surface area contributed by atoms with Gasteiger partial charge in [0.1, 0.15) is 16.7 Å². The van der Waals surface area contributed by atoms with Crippen LogP contribution in [0.4, 0.5) is 0 Å². The first-order chi connectivity index (χ1) is 21.8. The van der Waals surface area contributed by atoms with Gasteiger partial charge in [-0.05, 0) is 122 Å². The lowest BCUT2D eigenvalue weighted by Crippen LogP contribution is -2.53. The smallest absolute Gasteiger partial charge is 0.242 e. The number of ketones is 1. The standard InChI is InChI=1S/C36H49N5O4S/c1-19-14-20(2)16-24(15-19)31-25(10-13-41-11-8-22(9-12-41)34(45)39-30(21(3)42)33(37)44)26-17-28(46-35(26)40-31)36(4,5)32(43)29-23-6-7-27(29)38-18-23/h14-17,21-23,27,29-30,38,40,42H,6-13,18H2,1-5H3,(H2,37,44)(H,39,45). The van der Waals surface area contributed by atoms with Gasteiger partial charge >= 0.3 is 0 Å². The molecule has 6 rings (SSSR count). The SMILES string of the molecule is Cc1cc(C)cc(-c2[nH]c3sc(C(C)(C)C(=O)C4C5CCC4NC5)cc3c2CCN2CCC(C(=O)NC(C(N)=O)C(C)O)CC2)c1. The molecule has 3 aromatic rings. The monoisotopic (exact) mass is 647 g/mol. The first-order valence-electron chi connectivity index (χ1n) is 16.8. The number of nitrogens with one attached hydrogen (secondary N) is 3. The van der Waals surface area contributed by atoms with E-state index in [0.717, 1.165) is 60.8 Å². The molecular formula is C36H49N5O4S. The third-order valence-corrected chi connectivity index (χ3v) is 12.2. The molecule has 1 aromatic carbocycles. The molecule has 46 heavy (non-hydrogen) atoms. The largest absolute Gasteiger partial charge is 0.391 e. The van der Waals surface area contributed by atoms with E-state index >= 15 is 0 Å². The summed E-state index contributed by atoms with van der Waals surface area (Å²) in [6.07, 6.45) is 3.41. The number of aromatic nitrogens is 1. The van der Waals surface area contributed by atoms with E-state index in [1.807, 2.05) is 0 Å². The number of nitrogens with two attached hydrogens (primary N) is 1. The Bertz CT molecular complexity index is 1590. The maximum Gasteiger partial charge on any atom is 0.242 e. The van der Waals surface area contributed by atoms with Gasteiger partial charge < -0.3 is 31.4 Å². The van der Waals surface area contributed by atoms with Gasteiger partial charge in [-0.25, -0.2) is 0 Å². The number of piperidine rings is 2. The van der Waals surface area contributed by atoms with Gasteiger partial charge in [-0.2, -0.15) is 0 Å². The summed E-state index contributed by atoms with van der Waals surface area (Å²) in [5, 5.41) is 17.3. The van der Waals surface area contributed by atoms with Crippen LogP contribution in [0.3, 0.4) is 0 Å². The Morgan fingerprint density at radius 1 is 1.09 bits per heavy atom. The highest BCUT2D eigenvalue weighted by Gasteiger charge is 2.50. The molecule has 3 fully saturated rings. The number of aryl methyl sites for hydroxylation is 2. The highest BCUT2D eigenvalue weighted by molar-refractivity contribution is 7.19. The van der Waals surface area contributed by atoms with Gasteiger partial charge in [-0.1, -0.05) is 17.2 Å². The number of primary amides is 1. The number of fused-ring (bicyclic) bond motifs is 3. The second kappa shape index (κ2) is 12.9. The summed E-state index contributed by atoms with van der Waals surface area (Å²) in [4.78, 5) is 46.9. The Kier molecular flexibility index (Phi) is 9.19. The number of carbonyl (C=O) groups excluding carboxylic acids is 3. The Morgan fingerprint density at radius 3 is 2.35 bits per heavy atom. The number of benzene rings is 1. The number of likely N-dealkylation sites (tertiary alicyclic amines) is 1. The zero-order valence-electron chi connectivity index (χ0n) is 27.7. The van der Waals surface area contributed by atoms with Crippen molar-refractivity contribution < 1.29 is 19.5 Å². The molecule has 5 atom stereocenters. The fourth-order valence-corrected chi connectivity index (χ4v) is 9.33. The molecule has 6 N–H and O–H groups in total. The van der Waals surface area contributed by atoms with E-state index in [-0.39, 0.29) is 17.7 Å². The third-order valence-electron chi connectivity index (χ3n) is 10.8. The summed E-state index contributed by atoms with van der Waals surface area (Å²) >= 11 is 1.72. The number of thiophene rings is 1. The van der Waals surface area contributed by atoms with Crippen LogP contribution < -0.4 is 16.4 Å².